The molecule has 0 unspecified atom stereocenters. The zero-order chi connectivity index (χ0) is 9.97. The Morgan fingerprint density at radius 2 is 1.86 bits per heavy atom. The highest BCUT2D eigenvalue weighted by molar-refractivity contribution is 5.47. The fourth-order valence-corrected chi connectivity index (χ4v) is 2.00. The molecule has 0 aromatic heterocycles. The van der Waals surface area contributed by atoms with Crippen molar-refractivity contribution < 1.29 is 0 Å². The molecule has 14 heavy (non-hydrogen) atoms. The van der Waals surface area contributed by atoms with E-state index in [4.69, 9.17) is 0 Å². The van der Waals surface area contributed by atoms with Crippen LogP contribution < -0.4 is 5.01 Å². The molecular weight excluding hydrogens is 172 g/mol. The monoisotopic (exact) mass is 190 g/mol. The largest absolute Gasteiger partial charge is 0.306 e. The van der Waals surface area contributed by atoms with E-state index < -0.39 is 0 Å². The van der Waals surface area contributed by atoms with Crippen LogP contribution in [-0.4, -0.2) is 24.6 Å². The Morgan fingerprint density at radius 3 is 2.50 bits per heavy atom. The van der Waals surface area contributed by atoms with Crippen LogP contribution >= 0.6 is 0 Å². The summed E-state index contributed by atoms with van der Waals surface area (Å²) in [5.41, 5.74) is 2.66. The highest BCUT2D eigenvalue weighted by Gasteiger charge is 2.19. The van der Waals surface area contributed by atoms with Gasteiger partial charge in [-0.25, -0.2) is 5.01 Å². The van der Waals surface area contributed by atoms with Crippen LogP contribution in [-0.2, 0) is 0 Å². The van der Waals surface area contributed by atoms with Crippen molar-refractivity contribution in [2.45, 2.75) is 20.3 Å². The molecule has 1 saturated heterocycles. The van der Waals surface area contributed by atoms with Crippen LogP contribution in [0.4, 0.5) is 5.69 Å². The van der Waals surface area contributed by atoms with E-state index in [2.05, 4.69) is 48.1 Å². The van der Waals surface area contributed by atoms with E-state index in [1.54, 1.807) is 0 Å². The second-order valence-electron chi connectivity index (χ2n) is 3.86. The summed E-state index contributed by atoms with van der Waals surface area (Å²) in [6.07, 6.45) is 1.28. The van der Waals surface area contributed by atoms with Gasteiger partial charge in [-0.2, -0.15) is 0 Å². The highest BCUT2D eigenvalue weighted by atomic mass is 15.6. The quantitative estimate of drug-likeness (QED) is 0.706. The fraction of sp³-hybridized carbons (Fsp3) is 0.500. The number of hydrogen-bond acceptors (Lipinski definition) is 2. The van der Waals surface area contributed by atoms with Gasteiger partial charge in [-0.1, -0.05) is 24.6 Å². The Kier molecular flexibility index (Phi) is 2.73. The summed E-state index contributed by atoms with van der Waals surface area (Å²) in [7, 11) is 0. The first-order valence-electron chi connectivity index (χ1n) is 5.40. The normalized spacial score (nSPS) is 17.7. The molecule has 0 aliphatic carbocycles. The van der Waals surface area contributed by atoms with Crippen LogP contribution in [0.2, 0.25) is 0 Å². The summed E-state index contributed by atoms with van der Waals surface area (Å²) in [6, 6.07) is 8.79. The third kappa shape index (κ3) is 1.75. The number of anilines is 1. The molecule has 0 bridgehead atoms. The van der Waals surface area contributed by atoms with Crippen molar-refractivity contribution in [3.8, 4) is 0 Å². The van der Waals surface area contributed by atoms with Gasteiger partial charge in [0.1, 0.15) is 0 Å². The first-order valence-corrected chi connectivity index (χ1v) is 5.40. The van der Waals surface area contributed by atoms with Gasteiger partial charge in [-0.15, -0.1) is 0 Å². The second-order valence-corrected chi connectivity index (χ2v) is 3.86. The fourth-order valence-electron chi connectivity index (χ4n) is 2.00. The van der Waals surface area contributed by atoms with Gasteiger partial charge in [0.05, 0.1) is 5.69 Å². The average molecular weight is 190 g/mol. The van der Waals surface area contributed by atoms with E-state index in [0.717, 1.165) is 13.1 Å². The summed E-state index contributed by atoms with van der Waals surface area (Å²) in [5, 5.41) is 4.80. The van der Waals surface area contributed by atoms with Gasteiger partial charge in [0.25, 0.3) is 0 Å². The number of aryl methyl sites for hydroxylation is 1. The molecule has 2 nitrogen and oxygen atoms in total. The van der Waals surface area contributed by atoms with Gasteiger partial charge in [0.15, 0.2) is 0 Å². The van der Waals surface area contributed by atoms with Crippen LogP contribution in [0.3, 0.4) is 0 Å². The molecule has 2 heteroatoms. The highest BCUT2D eigenvalue weighted by Crippen LogP contribution is 2.21. The predicted molar refractivity (Wildman–Crippen MR) is 60.4 cm³/mol. The van der Waals surface area contributed by atoms with E-state index in [1.807, 2.05) is 0 Å². The van der Waals surface area contributed by atoms with Gasteiger partial charge in [0, 0.05) is 19.6 Å². The molecule has 2 rings (SSSR count). The molecule has 0 amide bonds. The number of nitrogens with zero attached hydrogens (tertiary/aromatic N) is 2. The van der Waals surface area contributed by atoms with Gasteiger partial charge in [0.2, 0.25) is 0 Å². The maximum Gasteiger partial charge on any atom is 0.0522 e. The molecule has 76 valence electrons. The van der Waals surface area contributed by atoms with E-state index >= 15 is 0 Å². The zero-order valence-electron chi connectivity index (χ0n) is 9.03. The lowest BCUT2D eigenvalue weighted by Crippen LogP contribution is -2.36. The van der Waals surface area contributed by atoms with E-state index in [9.17, 15) is 0 Å². The van der Waals surface area contributed by atoms with E-state index in [0.29, 0.717) is 0 Å². The molecule has 0 N–H and O–H groups in total. The minimum atomic E-state index is 1.11. The van der Waals surface area contributed by atoms with Gasteiger partial charge in [-0.05, 0) is 25.5 Å². The number of benzene rings is 1. The topological polar surface area (TPSA) is 6.48 Å². The van der Waals surface area contributed by atoms with Crippen LogP contribution in [0, 0.1) is 6.92 Å². The minimum Gasteiger partial charge on any atom is -0.306 e. The molecule has 0 atom stereocenters. The smallest absolute Gasteiger partial charge is 0.0522 e. The maximum atomic E-state index is 2.41. The average Bonchev–Trinajstić information content (AvgIpc) is 2.67. The van der Waals surface area contributed by atoms with Crippen molar-refractivity contribution in [1.29, 1.82) is 0 Å². The van der Waals surface area contributed by atoms with Crippen molar-refractivity contribution in [3.63, 3.8) is 0 Å². The molecule has 0 saturated carbocycles. The molecule has 0 spiro atoms. The Balaban J connectivity index is 2.17. The summed E-state index contributed by atoms with van der Waals surface area (Å²) in [6.45, 7) is 7.81. The molecule has 1 aromatic rings. The van der Waals surface area contributed by atoms with Crippen molar-refractivity contribution in [2.24, 2.45) is 0 Å². The third-order valence-electron chi connectivity index (χ3n) is 2.82. The first-order chi connectivity index (χ1) is 6.81. The van der Waals surface area contributed by atoms with Gasteiger partial charge >= 0.3 is 0 Å². The van der Waals surface area contributed by atoms with Gasteiger partial charge in [-0.3, -0.25) is 0 Å². The Labute approximate surface area is 86.1 Å². The molecule has 1 fully saturated rings. The summed E-state index contributed by atoms with van der Waals surface area (Å²) in [4.78, 5) is 0. The van der Waals surface area contributed by atoms with Crippen LogP contribution in [0.5, 0.6) is 0 Å². The van der Waals surface area contributed by atoms with Crippen molar-refractivity contribution >= 4 is 5.69 Å². The lowest BCUT2D eigenvalue weighted by Gasteiger charge is -2.28. The third-order valence-corrected chi connectivity index (χ3v) is 2.82. The molecule has 0 radical (unpaired) electrons. The number of rotatable bonds is 2. The molecule has 1 aliphatic rings. The van der Waals surface area contributed by atoms with Crippen molar-refractivity contribution in [2.75, 3.05) is 24.6 Å². The number of hydrazine groups is 1. The standard InChI is InChI=1S/C12H18N2/c1-3-13-9-4-10-14(13)12-7-5-11(2)6-8-12/h5-8H,3-4,9-10H2,1-2H3. The van der Waals surface area contributed by atoms with Crippen molar-refractivity contribution in [3.05, 3.63) is 29.8 Å². The van der Waals surface area contributed by atoms with Gasteiger partial charge < -0.3 is 5.01 Å². The lowest BCUT2D eigenvalue weighted by atomic mass is 10.2. The second kappa shape index (κ2) is 4.01. The lowest BCUT2D eigenvalue weighted by molar-refractivity contribution is 0.329. The van der Waals surface area contributed by atoms with Crippen molar-refractivity contribution in [1.82, 2.24) is 5.01 Å². The van der Waals surface area contributed by atoms with Crippen LogP contribution in [0.15, 0.2) is 24.3 Å². The summed E-state index contributed by atoms with van der Waals surface area (Å²) >= 11 is 0. The summed E-state index contributed by atoms with van der Waals surface area (Å²) < 4.78 is 0. The Morgan fingerprint density at radius 1 is 1.14 bits per heavy atom. The zero-order valence-corrected chi connectivity index (χ0v) is 9.03. The Bertz CT molecular complexity index is 292. The molecule has 1 aromatic carbocycles. The first kappa shape index (κ1) is 9.53. The number of hydrogen-bond donors (Lipinski definition) is 0. The molecular formula is C12H18N2. The maximum absolute atomic E-state index is 2.41. The predicted octanol–water partition coefficient (Wildman–Crippen LogP) is 2.44. The van der Waals surface area contributed by atoms with Crippen LogP contribution in [0.25, 0.3) is 0 Å². The minimum absolute atomic E-state index is 1.11. The molecule has 1 heterocycles. The SMILES string of the molecule is CCN1CCCN1c1ccc(C)cc1. The molecule has 1 aliphatic heterocycles. The van der Waals surface area contributed by atoms with Crippen LogP contribution in [0.1, 0.15) is 18.9 Å². The Hall–Kier alpha value is -1.02. The summed E-state index contributed by atoms with van der Waals surface area (Å²) in [5.74, 6) is 0. The van der Waals surface area contributed by atoms with E-state index in [1.165, 1.54) is 24.2 Å². The van der Waals surface area contributed by atoms with E-state index in [-0.39, 0.29) is 0 Å².